The minimum atomic E-state index is -4.86. The highest BCUT2D eigenvalue weighted by Gasteiger charge is 2.56. The lowest BCUT2D eigenvalue weighted by Crippen LogP contribution is -2.64. The molecule has 2 rings (SSSR count). The Morgan fingerprint density at radius 2 is 1.45 bits per heavy atom. The van der Waals surface area contributed by atoms with Crippen molar-refractivity contribution in [1.29, 1.82) is 0 Å². The molecule has 2 fully saturated rings. The molecule has 0 saturated carbocycles. The Morgan fingerprint density at radius 3 is 1.97 bits per heavy atom. The molecule has 0 bridgehead atoms. The Morgan fingerprint density at radius 1 is 0.897 bits per heavy atom. The average molecular weight is 468 g/mol. The highest BCUT2D eigenvalue weighted by Crippen LogP contribution is 2.34. The molecule has 172 valence electrons. The standard InChI is InChI=1S/C13H24O14S2/c1-5-4-23-13(11(7(5)14)29(20,21)27-17)25-9-6(2)24-12(22-3)8(15)10(9)28(18,19)26-16/h5-17H,4H2,1-3H3/t5-,6?,7-,8+,9+,10-,11+,12?,13+/m1/s1. The molecule has 0 aromatic carbocycles. The van der Waals surface area contributed by atoms with Crippen LogP contribution in [-0.4, -0.2) is 98.8 Å². The number of hydrogen-bond donors (Lipinski definition) is 4. The third kappa shape index (κ3) is 4.89. The van der Waals surface area contributed by atoms with Gasteiger partial charge in [-0.1, -0.05) is 6.92 Å². The number of ether oxygens (including phenoxy) is 4. The van der Waals surface area contributed by atoms with Gasteiger partial charge in [-0.15, -0.1) is 8.67 Å². The summed E-state index contributed by atoms with van der Waals surface area (Å²) in [6.45, 7) is 2.62. The highest BCUT2D eigenvalue weighted by molar-refractivity contribution is 7.87. The van der Waals surface area contributed by atoms with Crippen LogP contribution in [0.15, 0.2) is 0 Å². The lowest BCUT2D eigenvalue weighted by Gasteiger charge is -2.45. The fourth-order valence-electron chi connectivity index (χ4n) is 3.31. The molecule has 0 aliphatic carbocycles. The van der Waals surface area contributed by atoms with Gasteiger partial charge in [-0.3, -0.25) is 0 Å². The second-order valence-electron chi connectivity index (χ2n) is 6.77. The molecule has 0 aromatic rings. The van der Waals surface area contributed by atoms with Crippen LogP contribution in [0.2, 0.25) is 0 Å². The van der Waals surface area contributed by atoms with Gasteiger partial charge in [0.1, 0.15) is 17.5 Å². The van der Waals surface area contributed by atoms with E-state index in [0.717, 1.165) is 7.11 Å². The molecule has 0 spiro atoms. The maximum atomic E-state index is 12.2. The van der Waals surface area contributed by atoms with Crippen LogP contribution in [-0.2, 0) is 47.9 Å². The quantitative estimate of drug-likeness (QED) is 0.232. The van der Waals surface area contributed by atoms with Crippen LogP contribution in [0.1, 0.15) is 13.8 Å². The van der Waals surface area contributed by atoms with Gasteiger partial charge in [0, 0.05) is 13.0 Å². The highest BCUT2D eigenvalue weighted by atomic mass is 32.2. The summed E-state index contributed by atoms with van der Waals surface area (Å²) in [6.07, 6.45) is -9.55. The van der Waals surface area contributed by atoms with Crippen molar-refractivity contribution >= 4 is 20.2 Å². The van der Waals surface area contributed by atoms with Crippen molar-refractivity contribution in [3.05, 3.63) is 0 Å². The Labute approximate surface area is 166 Å². The van der Waals surface area contributed by atoms with Crippen LogP contribution in [0.3, 0.4) is 0 Å². The molecule has 16 heteroatoms. The topological polar surface area (TPSA) is 205 Å². The number of rotatable bonds is 7. The van der Waals surface area contributed by atoms with Gasteiger partial charge in [-0.05, 0) is 6.92 Å². The SMILES string of the molecule is COC1OC(C)[C@H](O[C@@H]2OC[C@@H](C)[C@@H](O)[C@@H]2S(=O)(=O)OO)[C@H](S(=O)(=O)OO)[C@@H]1O. The fourth-order valence-corrected chi connectivity index (χ4v) is 5.61. The van der Waals surface area contributed by atoms with Crippen molar-refractivity contribution < 1.29 is 65.2 Å². The van der Waals surface area contributed by atoms with Crippen LogP contribution < -0.4 is 0 Å². The van der Waals surface area contributed by atoms with Crippen molar-refractivity contribution in [2.24, 2.45) is 5.92 Å². The Bertz CT molecular complexity index is 753. The van der Waals surface area contributed by atoms with Gasteiger partial charge in [0.25, 0.3) is 0 Å². The number of hydrogen-bond acceptors (Lipinski definition) is 14. The van der Waals surface area contributed by atoms with Gasteiger partial charge in [-0.25, -0.2) is 10.5 Å². The predicted molar refractivity (Wildman–Crippen MR) is 90.0 cm³/mol. The molecular formula is C13H24O14S2. The van der Waals surface area contributed by atoms with E-state index < -0.39 is 73.6 Å². The van der Waals surface area contributed by atoms with Crippen molar-refractivity contribution in [3.8, 4) is 0 Å². The van der Waals surface area contributed by atoms with Gasteiger partial charge in [0.05, 0.1) is 18.8 Å². The first kappa shape index (κ1) is 24.8. The maximum absolute atomic E-state index is 12.2. The Kier molecular flexibility index (Phi) is 7.97. The summed E-state index contributed by atoms with van der Waals surface area (Å²) in [7, 11) is -8.53. The van der Waals surface area contributed by atoms with Crippen molar-refractivity contribution in [3.63, 3.8) is 0 Å². The zero-order valence-electron chi connectivity index (χ0n) is 15.6. The predicted octanol–water partition coefficient (Wildman–Crippen LogP) is -2.15. The third-order valence-corrected chi connectivity index (χ3v) is 7.66. The van der Waals surface area contributed by atoms with Crippen LogP contribution in [0.5, 0.6) is 0 Å². The molecule has 14 nitrogen and oxygen atoms in total. The molecule has 4 N–H and O–H groups in total. The normalized spacial score (nSPS) is 42.0. The summed E-state index contributed by atoms with van der Waals surface area (Å²) in [5.41, 5.74) is 0. The lowest BCUT2D eigenvalue weighted by molar-refractivity contribution is -0.293. The second kappa shape index (κ2) is 9.33. The van der Waals surface area contributed by atoms with E-state index in [1.54, 1.807) is 0 Å². The largest absolute Gasteiger partial charge is 0.391 e. The first-order valence-electron chi connectivity index (χ1n) is 8.36. The van der Waals surface area contributed by atoms with Gasteiger partial charge < -0.3 is 29.2 Å². The van der Waals surface area contributed by atoms with E-state index in [9.17, 15) is 27.0 Å². The minimum Gasteiger partial charge on any atom is -0.391 e. The first-order valence-corrected chi connectivity index (χ1v) is 11.3. The number of aliphatic hydroxyl groups excluding tert-OH is 2. The first-order chi connectivity index (χ1) is 13.4. The van der Waals surface area contributed by atoms with Gasteiger partial charge >= 0.3 is 20.2 Å². The summed E-state index contributed by atoms with van der Waals surface area (Å²) in [5.74, 6) is -0.700. The molecule has 2 unspecified atom stereocenters. The Balaban J connectivity index is 2.41. The van der Waals surface area contributed by atoms with E-state index in [4.69, 9.17) is 29.5 Å². The van der Waals surface area contributed by atoms with Crippen LogP contribution in [0.4, 0.5) is 0 Å². The zero-order chi connectivity index (χ0) is 22.1. The summed E-state index contributed by atoms with van der Waals surface area (Å²) in [6, 6.07) is 0. The van der Waals surface area contributed by atoms with Crippen LogP contribution >= 0.6 is 0 Å². The van der Waals surface area contributed by atoms with Crippen molar-refractivity contribution in [2.45, 2.75) is 61.3 Å². The molecule has 2 heterocycles. The second-order valence-corrected chi connectivity index (χ2v) is 10.1. The van der Waals surface area contributed by atoms with E-state index >= 15 is 0 Å². The average Bonchev–Trinajstić information content (AvgIpc) is 2.66. The van der Waals surface area contributed by atoms with Crippen molar-refractivity contribution in [2.75, 3.05) is 13.7 Å². The van der Waals surface area contributed by atoms with Gasteiger partial charge in [0.15, 0.2) is 17.8 Å². The van der Waals surface area contributed by atoms with E-state index in [1.807, 2.05) is 0 Å². The van der Waals surface area contributed by atoms with Gasteiger partial charge in [0.2, 0.25) is 0 Å². The van der Waals surface area contributed by atoms with E-state index in [0.29, 0.717) is 0 Å². The molecule has 2 saturated heterocycles. The number of aliphatic hydroxyl groups is 2. The van der Waals surface area contributed by atoms with Crippen LogP contribution in [0.25, 0.3) is 0 Å². The summed E-state index contributed by atoms with van der Waals surface area (Å²) in [4.78, 5) is 0. The smallest absolute Gasteiger partial charge is 0.303 e. The molecule has 2 aliphatic heterocycles. The maximum Gasteiger partial charge on any atom is 0.303 e. The fraction of sp³-hybridized carbons (Fsp3) is 1.00. The van der Waals surface area contributed by atoms with Crippen LogP contribution in [0, 0.1) is 5.92 Å². The Hall–Kier alpha value is -0.500. The molecular weight excluding hydrogens is 444 g/mol. The van der Waals surface area contributed by atoms with Crippen molar-refractivity contribution in [1.82, 2.24) is 0 Å². The number of methoxy groups -OCH3 is 1. The molecule has 0 radical (unpaired) electrons. The molecule has 0 aromatic heterocycles. The zero-order valence-corrected chi connectivity index (χ0v) is 17.2. The summed E-state index contributed by atoms with van der Waals surface area (Å²) in [5, 5.41) is 34.1. The molecule has 2 aliphatic rings. The lowest BCUT2D eigenvalue weighted by atomic mass is 9.99. The van der Waals surface area contributed by atoms with E-state index in [1.165, 1.54) is 13.8 Å². The summed E-state index contributed by atoms with van der Waals surface area (Å²) >= 11 is 0. The van der Waals surface area contributed by atoms with Gasteiger partial charge in [-0.2, -0.15) is 16.8 Å². The van der Waals surface area contributed by atoms with E-state index in [2.05, 4.69) is 8.67 Å². The summed E-state index contributed by atoms with van der Waals surface area (Å²) < 4.78 is 76.4. The van der Waals surface area contributed by atoms with E-state index in [-0.39, 0.29) is 6.61 Å². The minimum absolute atomic E-state index is 0.178. The molecule has 9 atom stereocenters. The molecule has 0 amide bonds. The monoisotopic (exact) mass is 468 g/mol. The third-order valence-electron chi connectivity index (χ3n) is 4.86. The molecule has 29 heavy (non-hydrogen) atoms.